The van der Waals surface area contributed by atoms with E-state index in [1.54, 1.807) is 0 Å². The monoisotopic (exact) mass is 286 g/mol. The fraction of sp³-hybridized carbons (Fsp3) is 1.00. The Morgan fingerprint density at radius 1 is 1.30 bits per heavy atom. The lowest BCUT2D eigenvalue weighted by Crippen LogP contribution is -2.54. The lowest BCUT2D eigenvalue weighted by atomic mass is 9.77. The highest BCUT2D eigenvalue weighted by molar-refractivity contribution is 4.92. The van der Waals surface area contributed by atoms with Crippen molar-refractivity contribution in [3.05, 3.63) is 0 Å². The third kappa shape index (κ3) is 4.67. The number of hydrogen-bond donors (Lipinski definition) is 3. The second kappa shape index (κ2) is 7.71. The molecular formula is C15H30N2O3. The standard InChI is InChI=1S/C15H30N2O3/c1-13-2-4-15(12-18,5-3-13)16-10-14(19)11-17-6-8-20-9-7-17/h13-14,16,18-19H,2-12H2,1H3. The average Bonchev–Trinajstić information content (AvgIpc) is 2.48. The number of aliphatic hydroxyl groups is 2. The summed E-state index contributed by atoms with van der Waals surface area (Å²) in [5, 5.41) is 23.3. The lowest BCUT2D eigenvalue weighted by molar-refractivity contribution is 0.0106. The van der Waals surface area contributed by atoms with Crippen molar-refractivity contribution in [3.63, 3.8) is 0 Å². The highest BCUT2D eigenvalue weighted by Gasteiger charge is 2.33. The molecule has 1 atom stereocenters. The number of ether oxygens (including phenoxy) is 1. The van der Waals surface area contributed by atoms with Crippen molar-refractivity contribution in [1.29, 1.82) is 0 Å². The summed E-state index contributed by atoms with van der Waals surface area (Å²) < 4.78 is 5.31. The van der Waals surface area contributed by atoms with Crippen LogP contribution >= 0.6 is 0 Å². The van der Waals surface area contributed by atoms with Crippen LogP contribution < -0.4 is 5.32 Å². The lowest BCUT2D eigenvalue weighted by Gasteiger charge is -2.40. The number of nitrogens with zero attached hydrogens (tertiary/aromatic N) is 1. The number of rotatable bonds is 6. The maximum atomic E-state index is 10.2. The van der Waals surface area contributed by atoms with E-state index < -0.39 is 0 Å². The largest absolute Gasteiger partial charge is 0.394 e. The minimum absolute atomic E-state index is 0.168. The van der Waals surface area contributed by atoms with Crippen molar-refractivity contribution < 1.29 is 14.9 Å². The van der Waals surface area contributed by atoms with Crippen LogP contribution in [0.4, 0.5) is 0 Å². The van der Waals surface area contributed by atoms with Crippen molar-refractivity contribution in [3.8, 4) is 0 Å². The Hall–Kier alpha value is -0.200. The van der Waals surface area contributed by atoms with Gasteiger partial charge >= 0.3 is 0 Å². The zero-order chi connectivity index (χ0) is 14.4. The molecule has 1 saturated carbocycles. The highest BCUT2D eigenvalue weighted by Crippen LogP contribution is 2.31. The van der Waals surface area contributed by atoms with Crippen molar-refractivity contribution in [1.82, 2.24) is 10.2 Å². The third-order valence-corrected chi connectivity index (χ3v) is 4.82. The number of nitrogens with one attached hydrogen (secondary N) is 1. The average molecular weight is 286 g/mol. The van der Waals surface area contributed by atoms with Crippen LogP contribution in [0, 0.1) is 5.92 Å². The maximum absolute atomic E-state index is 10.2. The van der Waals surface area contributed by atoms with E-state index in [2.05, 4.69) is 17.1 Å². The predicted octanol–water partition coefficient (Wildman–Crippen LogP) is 0.210. The molecule has 118 valence electrons. The van der Waals surface area contributed by atoms with E-state index >= 15 is 0 Å². The molecule has 1 saturated heterocycles. The normalized spacial score (nSPS) is 34.0. The summed E-state index contributed by atoms with van der Waals surface area (Å²) in [4.78, 5) is 2.24. The quantitative estimate of drug-likeness (QED) is 0.651. The molecule has 0 aromatic carbocycles. The van der Waals surface area contributed by atoms with Gasteiger partial charge in [0, 0.05) is 31.7 Å². The minimum Gasteiger partial charge on any atom is -0.394 e. The van der Waals surface area contributed by atoms with Gasteiger partial charge in [-0.1, -0.05) is 6.92 Å². The molecule has 0 amide bonds. The summed E-state index contributed by atoms with van der Waals surface area (Å²) in [6, 6.07) is 0. The molecule has 2 fully saturated rings. The molecule has 0 spiro atoms. The van der Waals surface area contributed by atoms with E-state index in [4.69, 9.17) is 4.74 Å². The first kappa shape index (κ1) is 16.2. The molecular weight excluding hydrogens is 256 g/mol. The zero-order valence-corrected chi connectivity index (χ0v) is 12.7. The summed E-state index contributed by atoms with van der Waals surface area (Å²) in [7, 11) is 0. The van der Waals surface area contributed by atoms with Gasteiger partial charge in [0.05, 0.1) is 25.9 Å². The van der Waals surface area contributed by atoms with Crippen LogP contribution in [-0.2, 0) is 4.74 Å². The van der Waals surface area contributed by atoms with Crippen LogP contribution in [0.1, 0.15) is 32.6 Å². The summed E-state index contributed by atoms with van der Waals surface area (Å²) in [6.45, 7) is 7.02. The second-order valence-electron chi connectivity index (χ2n) is 6.57. The van der Waals surface area contributed by atoms with Crippen LogP contribution in [0.2, 0.25) is 0 Å². The molecule has 1 aliphatic heterocycles. The van der Waals surface area contributed by atoms with Gasteiger partial charge in [-0.2, -0.15) is 0 Å². The van der Waals surface area contributed by atoms with Gasteiger partial charge in [0.1, 0.15) is 0 Å². The van der Waals surface area contributed by atoms with Gasteiger partial charge in [0.2, 0.25) is 0 Å². The van der Waals surface area contributed by atoms with Crippen LogP contribution in [0.15, 0.2) is 0 Å². The zero-order valence-electron chi connectivity index (χ0n) is 12.7. The Morgan fingerprint density at radius 3 is 2.55 bits per heavy atom. The van der Waals surface area contributed by atoms with E-state index in [0.717, 1.165) is 57.9 Å². The molecule has 20 heavy (non-hydrogen) atoms. The number of β-amino-alcohol motifs (C(OH)–C–C–N with tert-alkyl or cyclic N) is 1. The van der Waals surface area contributed by atoms with E-state index in [1.807, 2.05) is 0 Å². The molecule has 1 aliphatic carbocycles. The number of morpholine rings is 1. The SMILES string of the molecule is CC1CCC(CO)(NCC(O)CN2CCOCC2)CC1. The van der Waals surface area contributed by atoms with E-state index in [1.165, 1.54) is 0 Å². The molecule has 0 aromatic heterocycles. The predicted molar refractivity (Wildman–Crippen MR) is 78.7 cm³/mol. The van der Waals surface area contributed by atoms with Crippen molar-refractivity contribution >= 4 is 0 Å². The van der Waals surface area contributed by atoms with Gasteiger partial charge in [-0.05, 0) is 31.6 Å². The van der Waals surface area contributed by atoms with Gasteiger partial charge < -0.3 is 20.3 Å². The number of hydrogen-bond acceptors (Lipinski definition) is 5. The third-order valence-electron chi connectivity index (χ3n) is 4.82. The second-order valence-corrected chi connectivity index (χ2v) is 6.57. The first-order valence-corrected chi connectivity index (χ1v) is 7.98. The Kier molecular flexibility index (Phi) is 6.23. The summed E-state index contributed by atoms with van der Waals surface area (Å²) in [5.74, 6) is 0.759. The Morgan fingerprint density at radius 2 is 1.95 bits per heavy atom. The molecule has 2 rings (SSSR count). The van der Waals surface area contributed by atoms with E-state index in [-0.39, 0.29) is 18.2 Å². The molecule has 0 aromatic rings. The topological polar surface area (TPSA) is 65.0 Å². The molecule has 1 unspecified atom stereocenters. The van der Waals surface area contributed by atoms with Crippen LogP contribution in [-0.4, -0.2) is 72.8 Å². The number of aliphatic hydroxyl groups excluding tert-OH is 2. The minimum atomic E-state index is -0.379. The maximum Gasteiger partial charge on any atom is 0.0791 e. The first-order valence-electron chi connectivity index (χ1n) is 7.98. The Balaban J connectivity index is 1.71. The summed E-state index contributed by atoms with van der Waals surface area (Å²) in [6.07, 6.45) is 3.96. The molecule has 0 bridgehead atoms. The van der Waals surface area contributed by atoms with Gasteiger partial charge in [0.15, 0.2) is 0 Å². The smallest absolute Gasteiger partial charge is 0.0791 e. The molecule has 3 N–H and O–H groups in total. The highest BCUT2D eigenvalue weighted by atomic mass is 16.5. The fourth-order valence-corrected chi connectivity index (χ4v) is 3.19. The van der Waals surface area contributed by atoms with Crippen molar-refractivity contribution in [2.45, 2.75) is 44.2 Å². The van der Waals surface area contributed by atoms with Crippen LogP contribution in [0.3, 0.4) is 0 Å². The van der Waals surface area contributed by atoms with Gasteiger partial charge in [-0.3, -0.25) is 4.90 Å². The molecule has 1 heterocycles. The van der Waals surface area contributed by atoms with Crippen molar-refractivity contribution in [2.24, 2.45) is 5.92 Å². The molecule has 0 radical (unpaired) electrons. The van der Waals surface area contributed by atoms with Gasteiger partial charge in [-0.15, -0.1) is 0 Å². The summed E-state index contributed by atoms with van der Waals surface area (Å²) in [5.41, 5.74) is -0.168. The summed E-state index contributed by atoms with van der Waals surface area (Å²) >= 11 is 0. The molecule has 2 aliphatic rings. The van der Waals surface area contributed by atoms with Gasteiger partial charge in [0.25, 0.3) is 0 Å². The van der Waals surface area contributed by atoms with E-state index in [0.29, 0.717) is 13.1 Å². The fourth-order valence-electron chi connectivity index (χ4n) is 3.19. The van der Waals surface area contributed by atoms with Crippen LogP contribution in [0.5, 0.6) is 0 Å². The Bertz CT molecular complexity index is 274. The van der Waals surface area contributed by atoms with E-state index in [9.17, 15) is 10.2 Å². The first-order chi connectivity index (χ1) is 9.63. The Labute approximate surface area is 122 Å². The molecule has 5 nitrogen and oxygen atoms in total. The van der Waals surface area contributed by atoms with Gasteiger partial charge in [-0.25, -0.2) is 0 Å². The van der Waals surface area contributed by atoms with Crippen LogP contribution in [0.25, 0.3) is 0 Å². The van der Waals surface area contributed by atoms with Crippen molar-refractivity contribution in [2.75, 3.05) is 46.0 Å². The molecule has 5 heteroatoms.